The Labute approximate surface area is 104 Å². The highest BCUT2D eigenvalue weighted by molar-refractivity contribution is 5.67. The van der Waals surface area contributed by atoms with Crippen LogP contribution in [-0.4, -0.2) is 56.4 Å². The van der Waals surface area contributed by atoms with Gasteiger partial charge in [0, 0.05) is 21.0 Å². The minimum Gasteiger partial charge on any atom is -0.457 e. The average Bonchev–Trinajstić information content (AvgIpc) is 2.55. The number of carbonyl (C=O) groups is 2. The molecule has 2 heterocycles. The largest absolute Gasteiger partial charge is 0.457 e. The summed E-state index contributed by atoms with van der Waals surface area (Å²) in [5.41, 5.74) is 0. The highest BCUT2D eigenvalue weighted by atomic mass is 16.7. The summed E-state index contributed by atoms with van der Waals surface area (Å²) in [7, 11) is 1.45. The molecule has 0 N–H and O–H groups in total. The molecule has 2 aliphatic rings. The van der Waals surface area contributed by atoms with E-state index >= 15 is 0 Å². The van der Waals surface area contributed by atoms with Gasteiger partial charge >= 0.3 is 11.9 Å². The van der Waals surface area contributed by atoms with Crippen LogP contribution in [0.15, 0.2) is 0 Å². The van der Waals surface area contributed by atoms with Gasteiger partial charge in [-0.15, -0.1) is 0 Å². The zero-order valence-corrected chi connectivity index (χ0v) is 10.5. The molecular weight excluding hydrogens is 244 g/mol. The molecule has 2 rings (SSSR count). The van der Waals surface area contributed by atoms with E-state index in [0.29, 0.717) is 0 Å². The molecule has 7 nitrogen and oxygen atoms in total. The van der Waals surface area contributed by atoms with E-state index in [1.165, 1.54) is 21.0 Å². The Hall–Kier alpha value is -1.18. The Morgan fingerprint density at radius 2 is 1.72 bits per heavy atom. The number of carbonyl (C=O) groups excluding carboxylic acids is 2. The summed E-state index contributed by atoms with van der Waals surface area (Å²) in [5.74, 6) is -0.900. The third kappa shape index (κ3) is 2.47. The fourth-order valence-corrected chi connectivity index (χ4v) is 2.25. The van der Waals surface area contributed by atoms with Crippen molar-refractivity contribution in [3.8, 4) is 0 Å². The van der Waals surface area contributed by atoms with Crippen molar-refractivity contribution in [2.75, 3.05) is 13.7 Å². The second-order valence-electron chi connectivity index (χ2n) is 4.22. The molecule has 5 atom stereocenters. The van der Waals surface area contributed by atoms with Crippen LogP contribution in [-0.2, 0) is 33.3 Å². The second kappa shape index (κ2) is 5.21. The van der Waals surface area contributed by atoms with Gasteiger partial charge < -0.3 is 23.7 Å². The number of esters is 2. The molecule has 0 spiro atoms. The van der Waals surface area contributed by atoms with Crippen molar-refractivity contribution in [2.45, 2.75) is 44.6 Å². The van der Waals surface area contributed by atoms with Crippen molar-refractivity contribution in [3.05, 3.63) is 0 Å². The van der Waals surface area contributed by atoms with Gasteiger partial charge in [-0.3, -0.25) is 9.59 Å². The lowest BCUT2D eigenvalue weighted by atomic mass is 10.0. The van der Waals surface area contributed by atoms with Gasteiger partial charge in [0.25, 0.3) is 0 Å². The van der Waals surface area contributed by atoms with Crippen LogP contribution in [0.1, 0.15) is 13.8 Å². The van der Waals surface area contributed by atoms with E-state index in [-0.39, 0.29) is 6.61 Å². The first-order valence-electron chi connectivity index (χ1n) is 5.67. The van der Waals surface area contributed by atoms with Crippen LogP contribution < -0.4 is 0 Å². The maximum absolute atomic E-state index is 11.1. The summed E-state index contributed by atoms with van der Waals surface area (Å²) in [6.45, 7) is 2.87. The van der Waals surface area contributed by atoms with Crippen LogP contribution in [0.3, 0.4) is 0 Å². The smallest absolute Gasteiger partial charge is 0.303 e. The fraction of sp³-hybridized carbons (Fsp3) is 0.818. The lowest BCUT2D eigenvalue weighted by molar-refractivity contribution is -0.262. The molecule has 0 radical (unpaired) electrons. The van der Waals surface area contributed by atoms with E-state index in [0.717, 1.165) is 0 Å². The predicted molar refractivity (Wildman–Crippen MR) is 56.5 cm³/mol. The van der Waals surface area contributed by atoms with Gasteiger partial charge in [0.05, 0.1) is 6.61 Å². The number of methoxy groups -OCH3 is 1. The van der Waals surface area contributed by atoms with E-state index in [4.69, 9.17) is 23.7 Å². The van der Waals surface area contributed by atoms with Crippen LogP contribution >= 0.6 is 0 Å². The Bertz CT molecular complexity index is 342. The Balaban J connectivity index is 2.14. The molecule has 0 aromatic carbocycles. The third-order valence-electron chi connectivity index (χ3n) is 2.88. The first-order valence-corrected chi connectivity index (χ1v) is 5.67. The van der Waals surface area contributed by atoms with Gasteiger partial charge in [0.1, 0.15) is 12.2 Å². The van der Waals surface area contributed by atoms with Gasteiger partial charge in [0.2, 0.25) is 0 Å². The summed E-state index contributed by atoms with van der Waals surface area (Å²) in [6.07, 6.45) is -2.97. The van der Waals surface area contributed by atoms with Crippen molar-refractivity contribution in [3.63, 3.8) is 0 Å². The SMILES string of the molecule is CO[C@@H]1O[C@H]2CO[C@H]([C@@H]1OC(C)=O)[C@@H]2OC(C)=O. The molecule has 2 bridgehead atoms. The van der Waals surface area contributed by atoms with Crippen molar-refractivity contribution in [1.29, 1.82) is 0 Å². The van der Waals surface area contributed by atoms with Gasteiger partial charge in [-0.1, -0.05) is 0 Å². The minimum absolute atomic E-state index is 0.278. The van der Waals surface area contributed by atoms with E-state index in [1.807, 2.05) is 0 Å². The number of rotatable bonds is 3. The highest BCUT2D eigenvalue weighted by Gasteiger charge is 2.55. The lowest BCUT2D eigenvalue weighted by Crippen LogP contribution is -2.56. The third-order valence-corrected chi connectivity index (χ3v) is 2.88. The normalized spacial score (nSPS) is 38.3. The van der Waals surface area contributed by atoms with Crippen molar-refractivity contribution in [1.82, 2.24) is 0 Å². The molecule has 2 fully saturated rings. The molecular formula is C11H16O7. The summed E-state index contributed by atoms with van der Waals surface area (Å²) in [4.78, 5) is 22.1. The minimum atomic E-state index is -0.740. The molecule has 2 saturated heterocycles. The number of hydrogen-bond donors (Lipinski definition) is 0. The molecule has 0 amide bonds. The van der Waals surface area contributed by atoms with Crippen LogP contribution in [0.2, 0.25) is 0 Å². The summed E-state index contributed by atoms with van der Waals surface area (Å²) in [6, 6.07) is 0. The van der Waals surface area contributed by atoms with E-state index in [2.05, 4.69) is 0 Å². The van der Waals surface area contributed by atoms with Gasteiger partial charge in [0.15, 0.2) is 18.5 Å². The molecule has 18 heavy (non-hydrogen) atoms. The van der Waals surface area contributed by atoms with Crippen LogP contribution in [0.5, 0.6) is 0 Å². The Morgan fingerprint density at radius 3 is 2.28 bits per heavy atom. The van der Waals surface area contributed by atoms with E-state index < -0.39 is 42.6 Å². The summed E-state index contributed by atoms with van der Waals surface area (Å²) in [5, 5.41) is 0. The number of fused-ring (bicyclic) bond motifs is 2. The number of hydrogen-bond acceptors (Lipinski definition) is 7. The maximum atomic E-state index is 11.1. The van der Waals surface area contributed by atoms with Gasteiger partial charge in [-0.25, -0.2) is 0 Å². The quantitative estimate of drug-likeness (QED) is 0.640. The maximum Gasteiger partial charge on any atom is 0.303 e. The number of ether oxygens (including phenoxy) is 5. The molecule has 2 aliphatic heterocycles. The highest BCUT2D eigenvalue weighted by Crippen LogP contribution is 2.33. The first kappa shape index (κ1) is 13.3. The molecule has 102 valence electrons. The topological polar surface area (TPSA) is 80.3 Å². The molecule has 0 aromatic rings. The fourth-order valence-electron chi connectivity index (χ4n) is 2.25. The molecule has 7 heteroatoms. The summed E-state index contributed by atoms with van der Waals surface area (Å²) < 4.78 is 26.4. The van der Waals surface area contributed by atoms with E-state index in [9.17, 15) is 9.59 Å². The van der Waals surface area contributed by atoms with E-state index in [1.54, 1.807) is 0 Å². The molecule has 0 aromatic heterocycles. The van der Waals surface area contributed by atoms with Crippen LogP contribution in [0.4, 0.5) is 0 Å². The monoisotopic (exact) mass is 260 g/mol. The Kier molecular flexibility index (Phi) is 3.84. The Morgan fingerprint density at radius 1 is 1.11 bits per heavy atom. The average molecular weight is 260 g/mol. The lowest BCUT2D eigenvalue weighted by Gasteiger charge is -2.37. The molecule has 0 saturated carbocycles. The predicted octanol–water partition coefficient (Wildman–Crippen LogP) is -0.380. The molecule has 0 unspecified atom stereocenters. The van der Waals surface area contributed by atoms with Crippen LogP contribution in [0, 0.1) is 0 Å². The zero-order valence-electron chi connectivity index (χ0n) is 10.5. The van der Waals surface area contributed by atoms with Crippen LogP contribution in [0.25, 0.3) is 0 Å². The standard InChI is InChI=1S/C11H16O7/c1-5(12)16-8-7-4-15-9(8)10(17-6(2)13)11(14-3)18-7/h7-11H,4H2,1-3H3/t7-,8+,9-,10-,11+/m0/s1. The zero-order chi connectivity index (χ0) is 13.3. The second-order valence-corrected chi connectivity index (χ2v) is 4.22. The van der Waals surface area contributed by atoms with Gasteiger partial charge in [-0.05, 0) is 0 Å². The van der Waals surface area contributed by atoms with Crippen molar-refractivity contribution in [2.24, 2.45) is 0 Å². The van der Waals surface area contributed by atoms with Crippen molar-refractivity contribution >= 4 is 11.9 Å². The van der Waals surface area contributed by atoms with Crippen molar-refractivity contribution < 1.29 is 33.3 Å². The van der Waals surface area contributed by atoms with Gasteiger partial charge in [-0.2, -0.15) is 0 Å². The summed E-state index contributed by atoms with van der Waals surface area (Å²) >= 11 is 0. The first-order chi connectivity index (χ1) is 8.52. The molecule has 0 aliphatic carbocycles.